The Kier molecular flexibility index (Phi) is 5.97. The van der Waals surface area contributed by atoms with Crippen molar-refractivity contribution in [3.8, 4) is 11.4 Å². The summed E-state index contributed by atoms with van der Waals surface area (Å²) in [6, 6.07) is 6.85. The van der Waals surface area contributed by atoms with Crippen LogP contribution in [0.15, 0.2) is 29.1 Å². The minimum absolute atomic E-state index is 0.0964. The summed E-state index contributed by atoms with van der Waals surface area (Å²) in [4.78, 5) is 19.8. The molecule has 0 aliphatic rings. The third kappa shape index (κ3) is 4.90. The van der Waals surface area contributed by atoms with Crippen LogP contribution < -0.4 is 5.56 Å². The summed E-state index contributed by atoms with van der Waals surface area (Å²) < 4.78 is 39.2. The highest BCUT2D eigenvalue weighted by Crippen LogP contribution is 2.30. The maximum absolute atomic E-state index is 13.1. The van der Waals surface area contributed by atoms with Crippen LogP contribution in [-0.2, 0) is 12.7 Å². The van der Waals surface area contributed by atoms with Gasteiger partial charge in [0.05, 0.1) is 0 Å². The topological polar surface area (TPSA) is 69.2 Å². The van der Waals surface area contributed by atoms with E-state index in [0.717, 1.165) is 12.5 Å². The molecule has 2 aromatic rings. The van der Waals surface area contributed by atoms with E-state index in [1.54, 1.807) is 18.2 Å². The van der Waals surface area contributed by atoms with Gasteiger partial charge in [-0.05, 0) is 32.0 Å². The van der Waals surface area contributed by atoms with Crippen molar-refractivity contribution in [2.24, 2.45) is 0 Å². The lowest BCUT2D eigenvalue weighted by Crippen LogP contribution is -2.22. The first-order valence-electron chi connectivity index (χ1n) is 7.79. The zero-order chi connectivity index (χ0) is 18.6. The predicted octanol–water partition coefficient (Wildman–Crippen LogP) is 2.58. The molecule has 0 aliphatic heterocycles. The van der Waals surface area contributed by atoms with Crippen molar-refractivity contribution >= 4 is 0 Å². The minimum Gasteiger partial charge on any atom is -0.396 e. The van der Waals surface area contributed by atoms with Gasteiger partial charge < -0.3 is 15.0 Å². The number of nitrogens with zero attached hydrogens (tertiary/aromatic N) is 2. The van der Waals surface area contributed by atoms with Crippen LogP contribution in [0.4, 0.5) is 13.2 Å². The molecule has 1 aromatic heterocycles. The Hall–Kier alpha value is -2.19. The smallest absolute Gasteiger partial charge is 0.396 e. The van der Waals surface area contributed by atoms with Crippen LogP contribution in [0.3, 0.4) is 0 Å². The van der Waals surface area contributed by atoms with Crippen molar-refractivity contribution in [2.45, 2.75) is 26.1 Å². The van der Waals surface area contributed by atoms with Crippen LogP contribution in [-0.4, -0.2) is 40.2 Å². The van der Waals surface area contributed by atoms with Gasteiger partial charge in [0.1, 0.15) is 5.82 Å². The number of alkyl halides is 3. The summed E-state index contributed by atoms with van der Waals surface area (Å²) in [6.45, 7) is 2.46. The van der Waals surface area contributed by atoms with Gasteiger partial charge in [-0.3, -0.25) is 4.79 Å². The summed E-state index contributed by atoms with van der Waals surface area (Å²) in [5.74, 6) is -0.109. The molecule has 0 aliphatic carbocycles. The second-order valence-electron chi connectivity index (χ2n) is 5.90. The lowest BCUT2D eigenvalue weighted by atomic mass is 10.1. The maximum Gasteiger partial charge on any atom is 0.433 e. The number of aromatic amines is 1. The van der Waals surface area contributed by atoms with Gasteiger partial charge in [0.15, 0.2) is 5.69 Å². The molecule has 0 saturated heterocycles. The molecule has 0 atom stereocenters. The third-order valence-electron chi connectivity index (χ3n) is 3.77. The number of aliphatic hydroxyl groups excluding tert-OH is 1. The summed E-state index contributed by atoms with van der Waals surface area (Å²) in [7, 11) is 1.89. The molecule has 1 heterocycles. The molecule has 0 radical (unpaired) electrons. The molecule has 0 spiro atoms. The van der Waals surface area contributed by atoms with Gasteiger partial charge in [-0.2, -0.15) is 13.2 Å². The Bertz CT molecular complexity index is 787. The molecule has 0 bridgehead atoms. The van der Waals surface area contributed by atoms with E-state index >= 15 is 0 Å². The Morgan fingerprint density at radius 3 is 2.68 bits per heavy atom. The molecule has 0 unspecified atom stereocenters. The number of aromatic nitrogens is 2. The van der Waals surface area contributed by atoms with Gasteiger partial charge in [-0.25, -0.2) is 4.98 Å². The van der Waals surface area contributed by atoms with Gasteiger partial charge in [0.2, 0.25) is 0 Å². The van der Waals surface area contributed by atoms with Crippen molar-refractivity contribution in [2.75, 3.05) is 20.2 Å². The number of aliphatic hydroxyl groups is 1. The van der Waals surface area contributed by atoms with E-state index in [1.165, 1.54) is 0 Å². The highest BCUT2D eigenvalue weighted by atomic mass is 19.4. The molecule has 25 heavy (non-hydrogen) atoms. The predicted molar refractivity (Wildman–Crippen MR) is 88.1 cm³/mol. The molecule has 5 nitrogen and oxygen atoms in total. The molecule has 1 aromatic carbocycles. The summed E-state index contributed by atoms with van der Waals surface area (Å²) in [5.41, 5.74) is -1.14. The second-order valence-corrected chi connectivity index (χ2v) is 5.90. The van der Waals surface area contributed by atoms with Crippen LogP contribution in [0.5, 0.6) is 0 Å². The zero-order valence-electron chi connectivity index (χ0n) is 14.0. The van der Waals surface area contributed by atoms with E-state index in [-0.39, 0.29) is 12.4 Å². The number of rotatable bonds is 6. The highest BCUT2D eigenvalue weighted by molar-refractivity contribution is 5.56. The monoisotopic (exact) mass is 355 g/mol. The van der Waals surface area contributed by atoms with E-state index in [2.05, 4.69) is 9.97 Å². The number of hydrogen-bond acceptors (Lipinski definition) is 4. The van der Waals surface area contributed by atoms with Gasteiger partial charge in [0.25, 0.3) is 5.56 Å². The average Bonchev–Trinajstić information content (AvgIpc) is 2.54. The van der Waals surface area contributed by atoms with Crippen molar-refractivity contribution in [1.82, 2.24) is 14.9 Å². The molecular weight excluding hydrogens is 335 g/mol. The standard InChI is InChI=1S/C17H20F3N3O2/c1-11-14(17(18,19)20)21-15(22-16(11)25)13-6-3-5-12(9-13)10-23(2)7-4-8-24/h3,5-6,9,24H,4,7-8,10H2,1-2H3,(H,21,22,25). The molecule has 0 amide bonds. The first-order chi connectivity index (χ1) is 11.7. The van der Waals surface area contributed by atoms with Crippen LogP contribution in [0.25, 0.3) is 11.4 Å². The number of benzene rings is 1. The summed E-state index contributed by atoms with van der Waals surface area (Å²) in [6.07, 6.45) is -4.05. The molecule has 2 N–H and O–H groups in total. The fourth-order valence-electron chi connectivity index (χ4n) is 2.49. The van der Waals surface area contributed by atoms with Crippen LogP contribution >= 0.6 is 0 Å². The first-order valence-corrected chi connectivity index (χ1v) is 7.79. The van der Waals surface area contributed by atoms with Gasteiger partial charge in [-0.15, -0.1) is 0 Å². The van der Waals surface area contributed by atoms with Gasteiger partial charge in [0, 0.05) is 30.8 Å². The summed E-state index contributed by atoms with van der Waals surface area (Å²) in [5, 5.41) is 8.85. The molecular formula is C17H20F3N3O2. The molecule has 2 rings (SSSR count). The van der Waals surface area contributed by atoms with Crippen LogP contribution in [0.1, 0.15) is 23.2 Å². The lowest BCUT2D eigenvalue weighted by molar-refractivity contribution is -0.141. The Morgan fingerprint density at radius 1 is 1.32 bits per heavy atom. The van der Waals surface area contributed by atoms with E-state index in [0.29, 0.717) is 25.1 Å². The van der Waals surface area contributed by atoms with E-state index in [1.807, 2.05) is 18.0 Å². The van der Waals surface area contributed by atoms with Crippen molar-refractivity contribution in [3.05, 3.63) is 51.4 Å². The maximum atomic E-state index is 13.1. The number of nitrogens with one attached hydrogen (secondary N) is 1. The van der Waals surface area contributed by atoms with E-state index in [9.17, 15) is 18.0 Å². The van der Waals surface area contributed by atoms with Crippen molar-refractivity contribution in [1.29, 1.82) is 0 Å². The number of H-pyrrole nitrogens is 1. The largest absolute Gasteiger partial charge is 0.433 e. The number of halogens is 3. The SMILES string of the molecule is Cc1c(C(F)(F)F)nc(-c2cccc(CN(C)CCCO)c2)[nH]c1=O. The Labute approximate surface area is 143 Å². The fourth-order valence-corrected chi connectivity index (χ4v) is 2.49. The quantitative estimate of drug-likeness (QED) is 0.836. The minimum atomic E-state index is -4.69. The van der Waals surface area contributed by atoms with Crippen LogP contribution in [0.2, 0.25) is 0 Å². The molecule has 8 heteroatoms. The van der Waals surface area contributed by atoms with Gasteiger partial charge in [-0.1, -0.05) is 18.2 Å². The second kappa shape index (κ2) is 7.79. The van der Waals surface area contributed by atoms with Crippen molar-refractivity contribution in [3.63, 3.8) is 0 Å². The zero-order valence-corrected chi connectivity index (χ0v) is 14.0. The normalized spacial score (nSPS) is 12.0. The molecule has 0 fully saturated rings. The first kappa shape index (κ1) is 19.1. The summed E-state index contributed by atoms with van der Waals surface area (Å²) >= 11 is 0. The number of hydrogen-bond donors (Lipinski definition) is 2. The van der Waals surface area contributed by atoms with Crippen molar-refractivity contribution < 1.29 is 18.3 Å². The molecule has 0 saturated carbocycles. The van der Waals surface area contributed by atoms with E-state index in [4.69, 9.17) is 5.11 Å². The Morgan fingerprint density at radius 2 is 2.04 bits per heavy atom. The lowest BCUT2D eigenvalue weighted by Gasteiger charge is -2.16. The average molecular weight is 355 g/mol. The van der Waals surface area contributed by atoms with Gasteiger partial charge >= 0.3 is 6.18 Å². The Balaban J connectivity index is 2.35. The fraction of sp³-hybridized carbons (Fsp3) is 0.412. The molecule has 136 valence electrons. The highest BCUT2D eigenvalue weighted by Gasteiger charge is 2.36. The van der Waals surface area contributed by atoms with E-state index < -0.39 is 23.0 Å². The van der Waals surface area contributed by atoms with Crippen LogP contribution in [0, 0.1) is 6.92 Å². The third-order valence-corrected chi connectivity index (χ3v) is 3.77.